The van der Waals surface area contributed by atoms with Crippen LogP contribution in [0.15, 0.2) is 46.6 Å². The van der Waals surface area contributed by atoms with Gasteiger partial charge in [0.05, 0.1) is 16.8 Å². The summed E-state index contributed by atoms with van der Waals surface area (Å²) in [5.74, 6) is 0.803. The molecule has 0 bridgehead atoms. The lowest BCUT2D eigenvalue weighted by Gasteiger charge is -2.19. The zero-order valence-electron chi connectivity index (χ0n) is 16.6. The number of H-pyrrole nitrogens is 1. The lowest BCUT2D eigenvalue weighted by Crippen LogP contribution is -3.09. The predicted molar refractivity (Wildman–Crippen MR) is 121 cm³/mol. The van der Waals surface area contributed by atoms with E-state index in [0.717, 1.165) is 45.1 Å². The van der Waals surface area contributed by atoms with Crippen LogP contribution in [0.25, 0.3) is 21.3 Å². The highest BCUT2D eigenvalue weighted by Crippen LogP contribution is 2.35. The van der Waals surface area contributed by atoms with Crippen LogP contribution in [0.5, 0.6) is 0 Å². The van der Waals surface area contributed by atoms with Gasteiger partial charge in [0.15, 0.2) is 5.82 Å². The van der Waals surface area contributed by atoms with Crippen LogP contribution in [0.1, 0.15) is 40.0 Å². The number of fused-ring (bicyclic) bond motifs is 1. The number of rotatable bonds is 4. The van der Waals surface area contributed by atoms with E-state index in [1.165, 1.54) is 28.2 Å². The summed E-state index contributed by atoms with van der Waals surface area (Å²) in [6.07, 6.45) is 2.43. The van der Waals surface area contributed by atoms with E-state index in [-0.39, 0.29) is 5.56 Å². The summed E-state index contributed by atoms with van der Waals surface area (Å²) >= 11 is 3.46. The SMILES string of the molecule is Cc1ccc(-c2c(C)sc3nc(C[NH+]4CCC[C@H]4c4cccs4)[nH]c(=O)c23)cc1. The highest BCUT2D eigenvalue weighted by atomic mass is 32.1. The maximum atomic E-state index is 13.1. The fourth-order valence-corrected chi connectivity index (χ4v) is 6.47. The molecule has 0 radical (unpaired) electrons. The van der Waals surface area contributed by atoms with E-state index < -0.39 is 0 Å². The fourth-order valence-electron chi connectivity index (χ4n) is 4.49. The second kappa shape index (κ2) is 7.52. The zero-order valence-corrected chi connectivity index (χ0v) is 18.3. The molecule has 0 spiro atoms. The van der Waals surface area contributed by atoms with Crippen molar-refractivity contribution >= 4 is 32.9 Å². The van der Waals surface area contributed by atoms with Crippen molar-refractivity contribution in [2.24, 2.45) is 0 Å². The number of aromatic nitrogens is 2. The number of quaternary nitrogens is 1. The second-order valence-corrected chi connectivity index (χ2v) is 10.1. The van der Waals surface area contributed by atoms with Gasteiger partial charge in [0.25, 0.3) is 5.56 Å². The molecule has 1 aliphatic rings. The standard InChI is InChI=1S/C23H23N3OS2/c1-14-7-9-16(10-8-14)20-15(2)29-23-21(20)22(27)24-19(25-23)13-26-11-3-5-17(26)18-6-4-12-28-18/h4,6-10,12,17H,3,5,11,13H2,1-2H3,(H,24,25,27)/p+1/t17-/m0/s1. The Hall–Kier alpha value is -2.28. The van der Waals surface area contributed by atoms with Crippen LogP contribution < -0.4 is 10.5 Å². The molecule has 29 heavy (non-hydrogen) atoms. The van der Waals surface area contributed by atoms with Gasteiger partial charge in [-0.25, -0.2) is 4.98 Å². The molecule has 1 fully saturated rings. The van der Waals surface area contributed by atoms with E-state index >= 15 is 0 Å². The molecule has 4 nitrogen and oxygen atoms in total. The molecule has 1 unspecified atom stereocenters. The number of benzene rings is 1. The molecule has 0 saturated carbocycles. The minimum absolute atomic E-state index is 0.0174. The summed E-state index contributed by atoms with van der Waals surface area (Å²) in [6.45, 7) is 6.05. The number of thiophene rings is 2. The zero-order chi connectivity index (χ0) is 20.0. The highest BCUT2D eigenvalue weighted by Gasteiger charge is 2.31. The topological polar surface area (TPSA) is 50.2 Å². The monoisotopic (exact) mass is 422 g/mol. The van der Waals surface area contributed by atoms with Gasteiger partial charge in [0.1, 0.15) is 17.4 Å². The maximum absolute atomic E-state index is 13.1. The van der Waals surface area contributed by atoms with Crippen LogP contribution in [0.2, 0.25) is 0 Å². The lowest BCUT2D eigenvalue weighted by molar-refractivity contribution is -0.932. The van der Waals surface area contributed by atoms with E-state index in [2.05, 4.69) is 60.6 Å². The van der Waals surface area contributed by atoms with Crippen molar-refractivity contribution in [1.82, 2.24) is 9.97 Å². The summed E-state index contributed by atoms with van der Waals surface area (Å²) < 4.78 is 0. The van der Waals surface area contributed by atoms with Crippen LogP contribution >= 0.6 is 22.7 Å². The van der Waals surface area contributed by atoms with Crippen molar-refractivity contribution < 1.29 is 4.90 Å². The molecule has 0 amide bonds. The Labute approximate surface area is 177 Å². The first-order valence-electron chi connectivity index (χ1n) is 10.1. The van der Waals surface area contributed by atoms with E-state index in [4.69, 9.17) is 4.98 Å². The number of aryl methyl sites for hydroxylation is 2. The molecular weight excluding hydrogens is 398 g/mol. The number of likely N-dealkylation sites (tertiary alicyclic amines) is 1. The highest BCUT2D eigenvalue weighted by molar-refractivity contribution is 7.19. The van der Waals surface area contributed by atoms with Gasteiger partial charge < -0.3 is 9.88 Å². The third-order valence-electron chi connectivity index (χ3n) is 5.89. The van der Waals surface area contributed by atoms with Crippen molar-refractivity contribution in [3.8, 4) is 11.1 Å². The molecule has 1 aliphatic heterocycles. The van der Waals surface area contributed by atoms with Crippen LogP contribution in [0, 0.1) is 13.8 Å². The fraction of sp³-hybridized carbons (Fsp3) is 0.304. The van der Waals surface area contributed by atoms with Gasteiger partial charge in [0.2, 0.25) is 0 Å². The number of nitrogens with one attached hydrogen (secondary N) is 2. The summed E-state index contributed by atoms with van der Waals surface area (Å²) in [4.78, 5) is 26.0. The average Bonchev–Trinajstić information content (AvgIpc) is 3.42. The number of aromatic amines is 1. The Morgan fingerprint density at radius 1 is 1.21 bits per heavy atom. The summed E-state index contributed by atoms with van der Waals surface area (Å²) in [5.41, 5.74) is 3.31. The first-order valence-corrected chi connectivity index (χ1v) is 11.8. The summed E-state index contributed by atoms with van der Waals surface area (Å²) in [6, 6.07) is 13.3. The first-order chi connectivity index (χ1) is 14.1. The normalized spacial score (nSPS) is 19.2. The van der Waals surface area contributed by atoms with E-state index in [1.807, 2.05) is 11.3 Å². The van der Waals surface area contributed by atoms with Gasteiger partial charge in [-0.2, -0.15) is 0 Å². The van der Waals surface area contributed by atoms with Crippen LogP contribution in [-0.4, -0.2) is 16.5 Å². The van der Waals surface area contributed by atoms with Crippen molar-refractivity contribution in [3.05, 3.63) is 73.3 Å². The Morgan fingerprint density at radius 3 is 2.79 bits per heavy atom. The van der Waals surface area contributed by atoms with Crippen molar-refractivity contribution in [1.29, 1.82) is 0 Å². The molecule has 2 N–H and O–H groups in total. The molecule has 1 saturated heterocycles. The van der Waals surface area contributed by atoms with Gasteiger partial charge in [0, 0.05) is 23.3 Å². The lowest BCUT2D eigenvalue weighted by atomic mass is 10.0. The van der Waals surface area contributed by atoms with E-state index in [9.17, 15) is 4.79 Å². The van der Waals surface area contributed by atoms with Gasteiger partial charge in [-0.15, -0.1) is 22.7 Å². The number of nitrogens with zero attached hydrogens (tertiary/aromatic N) is 1. The quantitative estimate of drug-likeness (QED) is 0.517. The molecule has 6 heteroatoms. The molecule has 2 atom stereocenters. The Kier molecular flexibility index (Phi) is 4.86. The Morgan fingerprint density at radius 2 is 2.03 bits per heavy atom. The number of hydrogen-bond donors (Lipinski definition) is 2. The molecule has 148 valence electrons. The molecule has 4 heterocycles. The van der Waals surface area contributed by atoms with Gasteiger partial charge in [-0.3, -0.25) is 4.79 Å². The average molecular weight is 423 g/mol. The Balaban J connectivity index is 1.51. The van der Waals surface area contributed by atoms with Crippen molar-refractivity contribution in [2.75, 3.05) is 6.54 Å². The largest absolute Gasteiger partial charge is 0.322 e. The van der Waals surface area contributed by atoms with Gasteiger partial charge in [-0.1, -0.05) is 35.9 Å². The van der Waals surface area contributed by atoms with Crippen LogP contribution in [-0.2, 0) is 6.54 Å². The molecule has 4 aromatic rings. The van der Waals surface area contributed by atoms with Crippen molar-refractivity contribution in [3.63, 3.8) is 0 Å². The second-order valence-electron chi connectivity index (χ2n) is 7.89. The van der Waals surface area contributed by atoms with Gasteiger partial charge >= 0.3 is 0 Å². The summed E-state index contributed by atoms with van der Waals surface area (Å²) in [5, 5.41) is 2.88. The van der Waals surface area contributed by atoms with Gasteiger partial charge in [-0.05, 0) is 30.9 Å². The molecular formula is C23H24N3OS2+. The van der Waals surface area contributed by atoms with E-state index in [0.29, 0.717) is 6.04 Å². The molecule has 1 aromatic carbocycles. The summed E-state index contributed by atoms with van der Waals surface area (Å²) in [7, 11) is 0. The molecule has 5 rings (SSSR count). The molecule has 0 aliphatic carbocycles. The smallest absolute Gasteiger partial charge is 0.260 e. The van der Waals surface area contributed by atoms with Crippen LogP contribution in [0.4, 0.5) is 0 Å². The number of hydrogen-bond acceptors (Lipinski definition) is 4. The predicted octanol–water partition coefficient (Wildman–Crippen LogP) is 4.25. The maximum Gasteiger partial charge on any atom is 0.260 e. The Bertz CT molecular complexity index is 1210. The van der Waals surface area contributed by atoms with Crippen LogP contribution in [0.3, 0.4) is 0 Å². The van der Waals surface area contributed by atoms with E-state index in [1.54, 1.807) is 11.3 Å². The minimum Gasteiger partial charge on any atom is -0.322 e. The minimum atomic E-state index is -0.0174. The van der Waals surface area contributed by atoms with Crippen molar-refractivity contribution in [2.45, 2.75) is 39.3 Å². The molecule has 3 aromatic heterocycles. The first kappa shape index (κ1) is 18.7. The third-order valence-corrected chi connectivity index (χ3v) is 7.88. The third kappa shape index (κ3) is 3.45.